The fourth-order valence-electron chi connectivity index (χ4n) is 2.30. The molecule has 0 amide bonds. The van der Waals surface area contributed by atoms with Crippen LogP contribution in [0.25, 0.3) is 0 Å². The number of nitrogens with two attached hydrogens (primary N) is 1. The molecular formula is C15H19N3O. The van der Waals surface area contributed by atoms with Gasteiger partial charge in [0.25, 0.3) is 0 Å². The third-order valence-corrected chi connectivity index (χ3v) is 3.05. The standard InChI is InChI=1S/C15H19N3O/c1-10-8-12(9-11(2)17-10)15(18-16)13-6-4-5-7-14(13)19-3/h4-9,15,18H,16H2,1-3H3. The number of methoxy groups -OCH3 is 1. The maximum absolute atomic E-state index is 5.73. The van der Waals surface area contributed by atoms with Gasteiger partial charge in [-0.2, -0.15) is 0 Å². The third-order valence-electron chi connectivity index (χ3n) is 3.05. The van der Waals surface area contributed by atoms with E-state index < -0.39 is 0 Å². The molecule has 0 aliphatic rings. The van der Waals surface area contributed by atoms with Crippen LogP contribution in [-0.4, -0.2) is 12.1 Å². The van der Waals surface area contributed by atoms with E-state index in [0.717, 1.165) is 28.3 Å². The summed E-state index contributed by atoms with van der Waals surface area (Å²) in [6, 6.07) is 11.8. The Morgan fingerprint density at radius 1 is 1.16 bits per heavy atom. The predicted octanol–water partition coefficient (Wildman–Crippen LogP) is 2.26. The summed E-state index contributed by atoms with van der Waals surface area (Å²) >= 11 is 0. The molecule has 0 aliphatic heterocycles. The van der Waals surface area contributed by atoms with Crippen molar-refractivity contribution in [1.82, 2.24) is 10.4 Å². The van der Waals surface area contributed by atoms with Crippen molar-refractivity contribution >= 4 is 0 Å². The summed E-state index contributed by atoms with van der Waals surface area (Å²) in [5.41, 5.74) is 6.90. The second-order valence-electron chi connectivity index (χ2n) is 4.52. The number of para-hydroxylation sites is 1. The van der Waals surface area contributed by atoms with Gasteiger partial charge in [0, 0.05) is 17.0 Å². The number of rotatable bonds is 4. The SMILES string of the molecule is COc1ccccc1C(NN)c1cc(C)nc(C)c1. The number of hydrazine groups is 1. The first-order valence-corrected chi connectivity index (χ1v) is 6.20. The molecule has 1 atom stereocenters. The average Bonchev–Trinajstić information content (AvgIpc) is 2.39. The topological polar surface area (TPSA) is 60.2 Å². The molecule has 2 aromatic rings. The fraction of sp³-hybridized carbons (Fsp3) is 0.267. The average molecular weight is 257 g/mol. The number of hydrogen-bond donors (Lipinski definition) is 2. The Hall–Kier alpha value is -1.91. The third kappa shape index (κ3) is 2.92. The molecule has 0 fully saturated rings. The van der Waals surface area contributed by atoms with Gasteiger partial charge >= 0.3 is 0 Å². The molecule has 4 nitrogen and oxygen atoms in total. The van der Waals surface area contributed by atoms with Crippen molar-refractivity contribution < 1.29 is 4.74 Å². The van der Waals surface area contributed by atoms with Crippen LogP contribution in [0.4, 0.5) is 0 Å². The van der Waals surface area contributed by atoms with Crippen molar-refractivity contribution in [3.05, 3.63) is 58.9 Å². The Kier molecular flexibility index (Phi) is 4.14. The van der Waals surface area contributed by atoms with Crippen LogP contribution in [-0.2, 0) is 0 Å². The molecular weight excluding hydrogens is 238 g/mol. The van der Waals surface area contributed by atoms with Crippen LogP contribution in [0.2, 0.25) is 0 Å². The molecule has 0 radical (unpaired) electrons. The summed E-state index contributed by atoms with van der Waals surface area (Å²) in [5.74, 6) is 6.55. The van der Waals surface area contributed by atoms with Crippen LogP contribution in [0.3, 0.4) is 0 Å². The van der Waals surface area contributed by atoms with Gasteiger partial charge in [-0.25, -0.2) is 5.43 Å². The molecule has 4 heteroatoms. The highest BCUT2D eigenvalue weighted by molar-refractivity contribution is 5.42. The van der Waals surface area contributed by atoms with Gasteiger partial charge in [0.1, 0.15) is 5.75 Å². The highest BCUT2D eigenvalue weighted by Gasteiger charge is 2.17. The molecule has 1 aromatic carbocycles. The van der Waals surface area contributed by atoms with E-state index in [4.69, 9.17) is 10.6 Å². The maximum Gasteiger partial charge on any atom is 0.124 e. The largest absolute Gasteiger partial charge is 0.496 e. The van der Waals surface area contributed by atoms with Gasteiger partial charge in [-0.1, -0.05) is 18.2 Å². The van der Waals surface area contributed by atoms with Gasteiger partial charge in [-0.3, -0.25) is 10.8 Å². The zero-order valence-electron chi connectivity index (χ0n) is 11.5. The lowest BCUT2D eigenvalue weighted by Crippen LogP contribution is -2.29. The van der Waals surface area contributed by atoms with Gasteiger partial charge in [-0.05, 0) is 37.6 Å². The highest BCUT2D eigenvalue weighted by atomic mass is 16.5. The zero-order valence-corrected chi connectivity index (χ0v) is 11.5. The summed E-state index contributed by atoms with van der Waals surface area (Å²) in [5, 5.41) is 0. The summed E-state index contributed by atoms with van der Waals surface area (Å²) in [6.45, 7) is 3.96. The molecule has 1 unspecified atom stereocenters. The summed E-state index contributed by atoms with van der Waals surface area (Å²) in [4.78, 5) is 4.39. The Labute approximate surface area is 113 Å². The number of hydrogen-bond acceptors (Lipinski definition) is 4. The smallest absolute Gasteiger partial charge is 0.124 e. The van der Waals surface area contributed by atoms with Crippen molar-refractivity contribution in [2.24, 2.45) is 5.84 Å². The number of aryl methyl sites for hydroxylation is 2. The second-order valence-corrected chi connectivity index (χ2v) is 4.52. The minimum absolute atomic E-state index is 0.114. The van der Waals surface area contributed by atoms with Crippen molar-refractivity contribution in [2.45, 2.75) is 19.9 Å². The number of benzene rings is 1. The quantitative estimate of drug-likeness (QED) is 0.651. The fourth-order valence-corrected chi connectivity index (χ4v) is 2.30. The Morgan fingerprint density at radius 3 is 2.37 bits per heavy atom. The first kappa shape index (κ1) is 13.5. The van der Waals surface area contributed by atoms with Crippen LogP contribution >= 0.6 is 0 Å². The first-order valence-electron chi connectivity index (χ1n) is 6.20. The summed E-state index contributed by atoms with van der Waals surface area (Å²) in [7, 11) is 1.66. The van der Waals surface area contributed by atoms with E-state index in [1.165, 1.54) is 0 Å². The maximum atomic E-state index is 5.73. The molecule has 19 heavy (non-hydrogen) atoms. The molecule has 1 heterocycles. The number of aromatic nitrogens is 1. The number of nitrogens with one attached hydrogen (secondary N) is 1. The highest BCUT2D eigenvalue weighted by Crippen LogP contribution is 2.29. The van der Waals surface area contributed by atoms with E-state index in [1.54, 1.807) is 7.11 Å². The van der Waals surface area contributed by atoms with Crippen LogP contribution in [0.1, 0.15) is 28.6 Å². The molecule has 0 saturated heterocycles. The minimum atomic E-state index is -0.114. The molecule has 0 saturated carbocycles. The van der Waals surface area contributed by atoms with E-state index in [-0.39, 0.29) is 6.04 Å². The second kappa shape index (κ2) is 5.82. The van der Waals surface area contributed by atoms with E-state index in [1.807, 2.05) is 50.2 Å². The van der Waals surface area contributed by atoms with E-state index in [0.29, 0.717) is 0 Å². The molecule has 2 rings (SSSR count). The number of ether oxygens (including phenoxy) is 1. The van der Waals surface area contributed by atoms with Crippen LogP contribution in [0.15, 0.2) is 36.4 Å². The molecule has 3 N–H and O–H groups in total. The minimum Gasteiger partial charge on any atom is -0.496 e. The van der Waals surface area contributed by atoms with Crippen molar-refractivity contribution in [3.8, 4) is 5.75 Å². The number of nitrogens with zero attached hydrogens (tertiary/aromatic N) is 1. The van der Waals surface area contributed by atoms with Gasteiger partial charge in [-0.15, -0.1) is 0 Å². The molecule has 100 valence electrons. The zero-order chi connectivity index (χ0) is 13.8. The van der Waals surface area contributed by atoms with Gasteiger partial charge < -0.3 is 4.74 Å². The van der Waals surface area contributed by atoms with Crippen LogP contribution in [0.5, 0.6) is 5.75 Å². The van der Waals surface area contributed by atoms with E-state index in [9.17, 15) is 0 Å². The Balaban J connectivity index is 2.49. The molecule has 0 spiro atoms. The van der Waals surface area contributed by atoms with E-state index in [2.05, 4.69) is 10.4 Å². The lowest BCUT2D eigenvalue weighted by Gasteiger charge is -2.20. The molecule has 0 aliphatic carbocycles. The Morgan fingerprint density at radius 2 is 1.79 bits per heavy atom. The van der Waals surface area contributed by atoms with Crippen molar-refractivity contribution in [3.63, 3.8) is 0 Å². The van der Waals surface area contributed by atoms with Crippen LogP contribution in [0, 0.1) is 13.8 Å². The van der Waals surface area contributed by atoms with Crippen molar-refractivity contribution in [1.29, 1.82) is 0 Å². The summed E-state index contributed by atoms with van der Waals surface area (Å²) in [6.07, 6.45) is 0. The number of pyridine rings is 1. The summed E-state index contributed by atoms with van der Waals surface area (Å²) < 4.78 is 5.40. The molecule has 0 bridgehead atoms. The normalized spacial score (nSPS) is 12.2. The lowest BCUT2D eigenvalue weighted by molar-refractivity contribution is 0.404. The predicted molar refractivity (Wildman–Crippen MR) is 75.9 cm³/mol. The van der Waals surface area contributed by atoms with Crippen molar-refractivity contribution in [2.75, 3.05) is 7.11 Å². The van der Waals surface area contributed by atoms with Gasteiger partial charge in [0.05, 0.1) is 13.2 Å². The van der Waals surface area contributed by atoms with Gasteiger partial charge in [0.2, 0.25) is 0 Å². The monoisotopic (exact) mass is 257 g/mol. The van der Waals surface area contributed by atoms with Gasteiger partial charge in [0.15, 0.2) is 0 Å². The Bertz CT molecular complexity index is 549. The lowest BCUT2D eigenvalue weighted by atomic mass is 9.98. The van der Waals surface area contributed by atoms with E-state index >= 15 is 0 Å². The van der Waals surface area contributed by atoms with Crippen LogP contribution < -0.4 is 16.0 Å². The first-order chi connectivity index (χ1) is 9.15. The molecule has 1 aromatic heterocycles.